The van der Waals surface area contributed by atoms with Crippen LogP contribution in [0.25, 0.3) is 10.9 Å². The number of piperidine rings is 1. The molecule has 0 saturated carbocycles. The van der Waals surface area contributed by atoms with Crippen LogP contribution in [0, 0.1) is 5.92 Å². The maximum absolute atomic E-state index is 13.4. The third-order valence-corrected chi connectivity index (χ3v) is 6.80. The molecule has 4 rings (SSSR count). The summed E-state index contributed by atoms with van der Waals surface area (Å²) in [7, 11) is 1.63. The Balaban J connectivity index is 1.57. The van der Waals surface area contributed by atoms with Crippen LogP contribution >= 0.6 is 0 Å². The van der Waals surface area contributed by atoms with Gasteiger partial charge in [0.1, 0.15) is 11.4 Å². The number of fused-ring (bicyclic) bond motifs is 1. The van der Waals surface area contributed by atoms with E-state index in [0.29, 0.717) is 31.7 Å². The van der Waals surface area contributed by atoms with Gasteiger partial charge in [-0.15, -0.1) is 0 Å². The van der Waals surface area contributed by atoms with Crippen molar-refractivity contribution in [1.29, 1.82) is 0 Å². The normalized spacial score (nSPS) is 19.7. The summed E-state index contributed by atoms with van der Waals surface area (Å²) in [5, 5.41) is 4.03. The summed E-state index contributed by atoms with van der Waals surface area (Å²) in [4.78, 5) is 30.4. The van der Waals surface area contributed by atoms with Crippen LogP contribution in [0.5, 0.6) is 5.75 Å². The largest absolute Gasteiger partial charge is 0.497 e. The van der Waals surface area contributed by atoms with Crippen LogP contribution in [-0.4, -0.2) is 61.1 Å². The fraction of sp³-hybridized carbons (Fsp3) is 0.600. The van der Waals surface area contributed by atoms with Gasteiger partial charge in [-0.25, -0.2) is 0 Å². The van der Waals surface area contributed by atoms with Crippen molar-refractivity contribution in [1.82, 2.24) is 14.8 Å². The molecule has 0 spiro atoms. The summed E-state index contributed by atoms with van der Waals surface area (Å²) < 4.78 is 7.46. The third kappa shape index (κ3) is 4.49. The van der Waals surface area contributed by atoms with Gasteiger partial charge in [0.15, 0.2) is 0 Å². The second-order valence-electron chi connectivity index (χ2n) is 9.13. The summed E-state index contributed by atoms with van der Waals surface area (Å²) in [6, 6.07) is 5.83. The van der Waals surface area contributed by atoms with Crippen molar-refractivity contribution in [3.8, 4) is 5.75 Å². The summed E-state index contributed by atoms with van der Waals surface area (Å²) >= 11 is 0. The van der Waals surface area contributed by atoms with Gasteiger partial charge in [-0.1, -0.05) is 6.92 Å². The van der Waals surface area contributed by atoms with Crippen LogP contribution in [-0.2, 0) is 11.3 Å². The van der Waals surface area contributed by atoms with Crippen LogP contribution in [0.2, 0.25) is 0 Å². The van der Waals surface area contributed by atoms with Gasteiger partial charge in [0.25, 0.3) is 5.91 Å². The number of rotatable bonds is 8. The molecule has 3 heterocycles. The van der Waals surface area contributed by atoms with Crippen molar-refractivity contribution in [3.05, 3.63) is 23.9 Å². The molecule has 0 aliphatic carbocycles. The number of benzene rings is 1. The zero-order valence-electron chi connectivity index (χ0n) is 19.7. The lowest BCUT2D eigenvalue weighted by Gasteiger charge is -2.30. The number of nitrogens with zero attached hydrogens (tertiary/aromatic N) is 3. The number of carbonyl (C=O) groups excluding carboxylic acids is 2. The van der Waals surface area contributed by atoms with Gasteiger partial charge in [0, 0.05) is 38.0 Å². The van der Waals surface area contributed by atoms with Gasteiger partial charge in [-0.05, 0) is 69.8 Å². The van der Waals surface area contributed by atoms with Crippen LogP contribution in [0.15, 0.2) is 18.2 Å². The number of nitrogens with one attached hydrogen (secondary N) is 1. The average molecular weight is 441 g/mol. The minimum absolute atomic E-state index is 0.0799. The Morgan fingerprint density at radius 1 is 1.25 bits per heavy atom. The van der Waals surface area contributed by atoms with Gasteiger partial charge < -0.3 is 24.4 Å². The van der Waals surface area contributed by atoms with Gasteiger partial charge in [-0.2, -0.15) is 0 Å². The second kappa shape index (κ2) is 9.94. The molecule has 0 bridgehead atoms. The number of hydrogen-bond acceptors (Lipinski definition) is 4. The second-order valence-corrected chi connectivity index (χ2v) is 9.13. The molecular weight excluding hydrogens is 404 g/mol. The van der Waals surface area contributed by atoms with Gasteiger partial charge in [0.05, 0.1) is 18.3 Å². The van der Waals surface area contributed by atoms with Crippen molar-refractivity contribution in [2.45, 2.75) is 52.5 Å². The van der Waals surface area contributed by atoms with Crippen molar-refractivity contribution >= 4 is 28.4 Å². The van der Waals surface area contributed by atoms with E-state index in [4.69, 9.17) is 4.74 Å². The highest BCUT2D eigenvalue weighted by Gasteiger charge is 2.32. The maximum Gasteiger partial charge on any atom is 0.270 e. The zero-order chi connectivity index (χ0) is 22.7. The molecule has 174 valence electrons. The average Bonchev–Trinajstić information content (AvgIpc) is 3.36. The molecule has 2 amide bonds. The highest BCUT2D eigenvalue weighted by atomic mass is 16.5. The molecule has 1 aromatic heterocycles. The van der Waals surface area contributed by atoms with Crippen LogP contribution in [0.4, 0.5) is 5.69 Å². The summed E-state index contributed by atoms with van der Waals surface area (Å²) in [6.07, 6.45) is 4.85. The minimum atomic E-state index is -0.108. The number of likely N-dealkylation sites (tertiary alicyclic amines) is 1. The molecule has 0 radical (unpaired) electrons. The first-order valence-electron chi connectivity index (χ1n) is 12.0. The lowest BCUT2D eigenvalue weighted by molar-refractivity contribution is -0.117. The topological polar surface area (TPSA) is 66.8 Å². The van der Waals surface area contributed by atoms with Crippen LogP contribution in [0.1, 0.15) is 56.4 Å². The number of amides is 2. The van der Waals surface area contributed by atoms with E-state index in [1.165, 1.54) is 12.8 Å². The van der Waals surface area contributed by atoms with E-state index < -0.39 is 0 Å². The molecule has 2 saturated heterocycles. The summed E-state index contributed by atoms with van der Waals surface area (Å²) in [5.74, 6) is 1.46. The van der Waals surface area contributed by atoms with E-state index in [9.17, 15) is 9.59 Å². The molecule has 32 heavy (non-hydrogen) atoms. The van der Waals surface area contributed by atoms with E-state index in [1.807, 2.05) is 29.7 Å². The van der Waals surface area contributed by atoms with Gasteiger partial charge >= 0.3 is 0 Å². The molecule has 1 atom stereocenters. The molecule has 7 heteroatoms. The van der Waals surface area contributed by atoms with Crippen molar-refractivity contribution < 1.29 is 14.3 Å². The lowest BCUT2D eigenvalue weighted by Crippen LogP contribution is -2.37. The molecule has 2 aliphatic rings. The molecule has 0 unspecified atom stereocenters. The monoisotopic (exact) mass is 440 g/mol. The van der Waals surface area contributed by atoms with Crippen molar-refractivity contribution in [2.75, 3.05) is 44.7 Å². The first-order valence-corrected chi connectivity index (χ1v) is 12.0. The Morgan fingerprint density at radius 3 is 2.78 bits per heavy atom. The number of carbonyl (C=O) groups is 2. The Kier molecular flexibility index (Phi) is 7.04. The molecule has 1 N–H and O–H groups in total. The maximum atomic E-state index is 13.4. The number of ether oxygens (including phenoxy) is 1. The number of anilines is 1. The van der Waals surface area contributed by atoms with E-state index >= 15 is 0 Å². The van der Waals surface area contributed by atoms with Gasteiger partial charge in [-0.3, -0.25) is 9.59 Å². The molecule has 1 aromatic carbocycles. The van der Waals surface area contributed by atoms with Gasteiger partial charge in [0.2, 0.25) is 5.91 Å². The fourth-order valence-electron chi connectivity index (χ4n) is 5.24. The molecule has 2 aliphatic heterocycles. The molecule has 7 nitrogen and oxygen atoms in total. The van der Waals surface area contributed by atoms with E-state index in [0.717, 1.165) is 60.7 Å². The standard InChI is InChI=1S/C25H36N4O3/c1-4-28-21-11-10-19(32-3)16-20(21)23(29-15-6-9-22(29)30)24(28)25(31)26-12-7-14-27-13-5-8-18(2)17-27/h10-11,16,18H,4-9,12-15,17H2,1-3H3,(H,26,31)/t18-/m0/s1. The van der Waals surface area contributed by atoms with Crippen LogP contribution in [0.3, 0.4) is 0 Å². The highest BCUT2D eigenvalue weighted by molar-refractivity contribution is 6.14. The predicted octanol–water partition coefficient (Wildman–Crippen LogP) is 3.65. The number of aryl methyl sites for hydroxylation is 1. The highest BCUT2D eigenvalue weighted by Crippen LogP contribution is 2.38. The van der Waals surface area contributed by atoms with Crippen molar-refractivity contribution in [3.63, 3.8) is 0 Å². The molecule has 2 aromatic rings. The van der Waals surface area contributed by atoms with E-state index in [2.05, 4.69) is 17.1 Å². The Hall–Kier alpha value is -2.54. The first kappa shape index (κ1) is 22.6. The lowest BCUT2D eigenvalue weighted by atomic mass is 10.0. The Morgan fingerprint density at radius 2 is 2.09 bits per heavy atom. The predicted molar refractivity (Wildman–Crippen MR) is 128 cm³/mol. The molecular formula is C25H36N4O3. The Bertz CT molecular complexity index is 983. The summed E-state index contributed by atoms with van der Waals surface area (Å²) in [6.45, 7) is 9.60. The van der Waals surface area contributed by atoms with Crippen molar-refractivity contribution in [2.24, 2.45) is 5.92 Å². The molecule has 2 fully saturated rings. The number of hydrogen-bond donors (Lipinski definition) is 1. The third-order valence-electron chi connectivity index (χ3n) is 6.80. The summed E-state index contributed by atoms with van der Waals surface area (Å²) in [5.41, 5.74) is 2.26. The van der Waals surface area contributed by atoms with Crippen LogP contribution < -0.4 is 15.0 Å². The quantitative estimate of drug-likeness (QED) is 0.637. The number of methoxy groups -OCH3 is 1. The zero-order valence-corrected chi connectivity index (χ0v) is 19.7. The fourth-order valence-corrected chi connectivity index (χ4v) is 5.24. The SMILES string of the molecule is CCn1c(C(=O)NCCCN2CCC[C@H](C)C2)c(N2CCCC2=O)c2cc(OC)ccc21. The van der Waals surface area contributed by atoms with E-state index in [-0.39, 0.29) is 11.8 Å². The number of aromatic nitrogens is 1. The van der Waals surface area contributed by atoms with E-state index in [1.54, 1.807) is 12.0 Å². The Labute approximate surface area is 190 Å². The smallest absolute Gasteiger partial charge is 0.270 e. The minimum Gasteiger partial charge on any atom is -0.497 e. The first-order chi connectivity index (χ1) is 15.5.